The second-order valence-corrected chi connectivity index (χ2v) is 25.9. The van der Waals surface area contributed by atoms with Gasteiger partial charge in [-0.05, 0) is 164 Å². The Morgan fingerprint density at radius 3 is 1.34 bits per heavy atom. The molecule has 3 aliphatic rings. The maximum atomic E-state index is 4.22. The number of benzene rings is 1. The molecule has 3 aliphatic carbocycles. The van der Waals surface area contributed by atoms with Crippen molar-refractivity contribution in [2.75, 3.05) is 0 Å². The molecule has 0 nitrogen and oxygen atoms in total. The molecule has 0 spiro atoms. The van der Waals surface area contributed by atoms with Gasteiger partial charge < -0.3 is 0 Å². The largest absolute Gasteiger partial charge is 0.0993 e. The molecule has 2 fully saturated rings. The fourth-order valence-electron chi connectivity index (χ4n) is 9.48. The van der Waals surface area contributed by atoms with E-state index in [1.54, 1.807) is 11.1 Å². The van der Waals surface area contributed by atoms with E-state index in [1.165, 1.54) is 74.5 Å². The van der Waals surface area contributed by atoms with E-state index in [0.717, 1.165) is 41.4 Å². The van der Waals surface area contributed by atoms with Gasteiger partial charge in [-0.2, -0.15) is 0 Å². The average Bonchev–Trinajstić information content (AvgIpc) is 3.06. The summed E-state index contributed by atoms with van der Waals surface area (Å²) in [4.78, 5) is 0. The molecule has 4 rings (SSSR count). The zero-order valence-electron chi connectivity index (χ0n) is 43.5. The maximum absolute atomic E-state index is 4.22. The van der Waals surface area contributed by atoms with E-state index in [2.05, 4.69) is 197 Å². The molecule has 2 saturated carbocycles. The van der Waals surface area contributed by atoms with Crippen LogP contribution in [0.15, 0.2) is 47.6 Å². The summed E-state index contributed by atoms with van der Waals surface area (Å²) in [7, 11) is 0. The Balaban J connectivity index is 0.000000744. The molecule has 8 atom stereocenters. The normalized spacial score (nSPS) is 25.8. The van der Waals surface area contributed by atoms with Gasteiger partial charge in [0.15, 0.2) is 0 Å². The summed E-state index contributed by atoms with van der Waals surface area (Å²) in [6, 6.07) is 8.87. The van der Waals surface area contributed by atoms with Crippen LogP contribution in [0.3, 0.4) is 0 Å². The molecule has 0 amide bonds. The first-order chi connectivity index (χ1) is 25.5. The molecule has 0 bridgehead atoms. The van der Waals surface area contributed by atoms with E-state index >= 15 is 0 Å². The van der Waals surface area contributed by atoms with Gasteiger partial charge in [0, 0.05) is 0 Å². The van der Waals surface area contributed by atoms with Crippen LogP contribution in [0.1, 0.15) is 242 Å². The predicted molar refractivity (Wildman–Crippen MR) is 268 cm³/mol. The van der Waals surface area contributed by atoms with E-state index in [4.69, 9.17) is 0 Å². The molecule has 1 aromatic rings. The quantitative estimate of drug-likeness (QED) is 0.266. The predicted octanol–water partition coefficient (Wildman–Crippen LogP) is 19.8. The Morgan fingerprint density at radius 2 is 0.966 bits per heavy atom. The lowest BCUT2D eigenvalue weighted by Crippen LogP contribution is -2.36. The summed E-state index contributed by atoms with van der Waals surface area (Å²) < 4.78 is 0. The summed E-state index contributed by atoms with van der Waals surface area (Å²) >= 11 is 0. The van der Waals surface area contributed by atoms with Crippen LogP contribution in [0, 0.1) is 80.8 Å². The zero-order valence-corrected chi connectivity index (χ0v) is 43.5. The molecule has 0 heterocycles. The molecule has 0 aliphatic heterocycles. The fourth-order valence-corrected chi connectivity index (χ4v) is 9.48. The van der Waals surface area contributed by atoms with E-state index in [1.807, 2.05) is 0 Å². The van der Waals surface area contributed by atoms with Crippen molar-refractivity contribution >= 4 is 0 Å². The van der Waals surface area contributed by atoms with Gasteiger partial charge >= 0.3 is 0 Å². The SMILES string of the molecule is C.C=C1CCC(C(C)C(C)(C)C)CC1(C)C.CC(C1CCC(C)C(C)(C)C1)C(C)(C)C.CC1=C(C)CC(C(C)C(C)(C)C)CC1.Cc1ccc(C(C)C(C)(C)C)cc1. The van der Waals surface area contributed by atoms with Gasteiger partial charge in [-0.1, -0.05) is 206 Å². The third-order valence-corrected chi connectivity index (χ3v) is 16.9. The highest BCUT2D eigenvalue weighted by Crippen LogP contribution is 2.50. The Bertz CT molecular complexity index is 1360. The van der Waals surface area contributed by atoms with E-state index in [9.17, 15) is 0 Å². The van der Waals surface area contributed by atoms with E-state index in [-0.39, 0.29) is 7.43 Å². The van der Waals surface area contributed by atoms with Crippen molar-refractivity contribution in [3.63, 3.8) is 0 Å². The molecule has 58 heavy (non-hydrogen) atoms. The summed E-state index contributed by atoms with van der Waals surface area (Å²) in [5.74, 6) is 6.76. The van der Waals surface area contributed by atoms with Gasteiger partial charge in [-0.15, -0.1) is 0 Å². The van der Waals surface area contributed by atoms with Crippen molar-refractivity contribution in [2.45, 2.75) is 237 Å². The van der Waals surface area contributed by atoms with Crippen molar-refractivity contribution in [3.8, 4) is 0 Å². The van der Waals surface area contributed by atoms with E-state index in [0.29, 0.717) is 38.4 Å². The van der Waals surface area contributed by atoms with E-state index < -0.39 is 0 Å². The van der Waals surface area contributed by atoms with Crippen LogP contribution in [0.2, 0.25) is 0 Å². The molecule has 0 N–H and O–H groups in total. The van der Waals surface area contributed by atoms with Crippen LogP contribution in [0.25, 0.3) is 0 Å². The van der Waals surface area contributed by atoms with Crippen molar-refractivity contribution in [1.29, 1.82) is 0 Å². The standard InChI is InChI=1S/C15H30.C15H28.C14H26.C13H20.CH4/c2*1-11-8-9-13(10-15(11,6)7)12(2)14(3,4)5;1-10-7-8-13(9-11(10)2)12(3)14(4,5)6;1-10-6-8-12(9-7-10)11(2)13(3,4)5;/h11-13H,8-10H2,1-7H3;12-13H,1,8-10H2,2-7H3;12-13H,7-9H2,1-6H3;6-9,11H,1-5H3;1H4. The minimum atomic E-state index is 0. The van der Waals surface area contributed by atoms with Crippen molar-refractivity contribution in [2.24, 2.45) is 73.9 Å². The number of hydrogen-bond acceptors (Lipinski definition) is 0. The molecule has 0 saturated heterocycles. The van der Waals surface area contributed by atoms with Gasteiger partial charge in [0.1, 0.15) is 0 Å². The number of hydrogen-bond donors (Lipinski definition) is 0. The molecule has 1 aromatic carbocycles. The second kappa shape index (κ2) is 22.2. The third-order valence-electron chi connectivity index (χ3n) is 16.9. The minimum Gasteiger partial charge on any atom is -0.0993 e. The molecule has 0 aromatic heterocycles. The van der Waals surface area contributed by atoms with Crippen LogP contribution >= 0.6 is 0 Å². The first-order valence-corrected chi connectivity index (χ1v) is 23.9. The maximum Gasteiger partial charge on any atom is -0.0142 e. The van der Waals surface area contributed by atoms with Crippen LogP contribution < -0.4 is 0 Å². The molecule has 340 valence electrons. The Morgan fingerprint density at radius 1 is 0.552 bits per heavy atom. The highest BCUT2D eigenvalue weighted by molar-refractivity contribution is 5.25. The lowest BCUT2D eigenvalue weighted by Gasteiger charge is -2.46. The van der Waals surface area contributed by atoms with Crippen molar-refractivity contribution in [3.05, 3.63) is 58.7 Å². The van der Waals surface area contributed by atoms with Gasteiger partial charge in [0.2, 0.25) is 0 Å². The fraction of sp³-hybridized carbons (Fsp3) is 0.828. The summed E-state index contributed by atoms with van der Waals surface area (Å²) in [6.07, 6.45) is 12.3. The average molecular weight is 806 g/mol. The summed E-state index contributed by atoms with van der Waals surface area (Å²) in [5.41, 5.74) is 10.2. The Kier molecular flexibility index (Phi) is 21.7. The van der Waals surface area contributed by atoms with Crippen LogP contribution in [0.5, 0.6) is 0 Å². The highest BCUT2D eigenvalue weighted by Gasteiger charge is 2.39. The summed E-state index contributed by atoms with van der Waals surface area (Å²) in [6.45, 7) is 60.9. The van der Waals surface area contributed by atoms with Crippen molar-refractivity contribution < 1.29 is 0 Å². The first kappa shape index (κ1) is 56.7. The Hall–Kier alpha value is -1.30. The smallest absolute Gasteiger partial charge is 0.0142 e. The van der Waals surface area contributed by atoms with Crippen LogP contribution in [0.4, 0.5) is 0 Å². The second-order valence-electron chi connectivity index (χ2n) is 25.9. The highest BCUT2D eigenvalue weighted by atomic mass is 14.4. The molecular weight excluding hydrogens is 697 g/mol. The molecular formula is C58H108. The lowest BCUT2D eigenvalue weighted by atomic mass is 9.60. The molecule has 8 unspecified atom stereocenters. The minimum absolute atomic E-state index is 0. The lowest BCUT2D eigenvalue weighted by molar-refractivity contribution is 0.0455. The third kappa shape index (κ3) is 18.0. The Labute approximate surface area is 368 Å². The van der Waals surface area contributed by atoms with Gasteiger partial charge in [-0.3, -0.25) is 0 Å². The monoisotopic (exact) mass is 805 g/mol. The van der Waals surface area contributed by atoms with Gasteiger partial charge in [-0.25, -0.2) is 0 Å². The van der Waals surface area contributed by atoms with Crippen LogP contribution in [-0.2, 0) is 0 Å². The zero-order chi connectivity index (χ0) is 44.7. The number of aryl methyl sites for hydroxylation is 1. The number of allylic oxidation sites excluding steroid dienone is 3. The molecule has 0 heteroatoms. The van der Waals surface area contributed by atoms with Crippen LogP contribution in [-0.4, -0.2) is 0 Å². The summed E-state index contributed by atoms with van der Waals surface area (Å²) in [5, 5.41) is 0. The molecule has 0 radical (unpaired) electrons. The van der Waals surface area contributed by atoms with Gasteiger partial charge in [0.05, 0.1) is 0 Å². The van der Waals surface area contributed by atoms with Crippen molar-refractivity contribution in [1.82, 2.24) is 0 Å². The first-order valence-electron chi connectivity index (χ1n) is 23.9. The number of rotatable bonds is 4. The topological polar surface area (TPSA) is 0 Å². The van der Waals surface area contributed by atoms with Gasteiger partial charge in [0.25, 0.3) is 0 Å².